The van der Waals surface area contributed by atoms with Crippen LogP contribution >= 0.6 is 12.4 Å². The molecule has 4 nitrogen and oxygen atoms in total. The molecule has 0 radical (unpaired) electrons. The average molecular weight is 335 g/mol. The highest BCUT2D eigenvalue weighted by molar-refractivity contribution is 5.85. The van der Waals surface area contributed by atoms with E-state index in [0.717, 1.165) is 22.6 Å². The Bertz CT molecular complexity index is 646. The molecule has 0 saturated carbocycles. The standard InChI is InChI=1S/C18H22N2O2.ClH/c1-13(15-8-4-6-10-17(15)22-2)20-18(21)12-11-14-7-3-5-9-16(14)19;/h3-10,13H,11-12,19H2,1-2H3,(H,20,21);1H. The molecule has 0 heterocycles. The van der Waals surface area contributed by atoms with Crippen molar-refractivity contribution in [3.63, 3.8) is 0 Å². The number of amides is 1. The molecule has 3 N–H and O–H groups in total. The van der Waals surface area contributed by atoms with E-state index in [2.05, 4.69) is 5.32 Å². The third-order valence-corrected chi connectivity index (χ3v) is 3.66. The van der Waals surface area contributed by atoms with Gasteiger partial charge in [-0.3, -0.25) is 4.79 Å². The molecule has 1 unspecified atom stereocenters. The van der Waals surface area contributed by atoms with E-state index in [9.17, 15) is 4.79 Å². The van der Waals surface area contributed by atoms with Crippen LogP contribution in [-0.4, -0.2) is 13.0 Å². The fourth-order valence-electron chi connectivity index (χ4n) is 2.43. The molecule has 5 heteroatoms. The third kappa shape index (κ3) is 5.18. The van der Waals surface area contributed by atoms with E-state index in [0.29, 0.717) is 12.8 Å². The van der Waals surface area contributed by atoms with Crippen LogP contribution in [0.4, 0.5) is 5.69 Å². The summed E-state index contributed by atoms with van der Waals surface area (Å²) in [5.41, 5.74) is 8.59. The first-order valence-electron chi connectivity index (χ1n) is 7.37. The number of benzene rings is 2. The van der Waals surface area contributed by atoms with Gasteiger partial charge in [0.15, 0.2) is 0 Å². The molecular formula is C18H23ClN2O2. The number of para-hydroxylation sites is 2. The van der Waals surface area contributed by atoms with Crippen molar-refractivity contribution in [3.8, 4) is 5.75 Å². The van der Waals surface area contributed by atoms with Gasteiger partial charge in [-0.05, 0) is 31.0 Å². The summed E-state index contributed by atoms with van der Waals surface area (Å²) in [6.45, 7) is 1.95. The zero-order chi connectivity index (χ0) is 15.9. The van der Waals surface area contributed by atoms with Gasteiger partial charge in [0.05, 0.1) is 13.2 Å². The van der Waals surface area contributed by atoms with Crippen molar-refractivity contribution in [1.29, 1.82) is 0 Å². The van der Waals surface area contributed by atoms with E-state index in [-0.39, 0.29) is 24.4 Å². The lowest BCUT2D eigenvalue weighted by molar-refractivity contribution is -0.121. The average Bonchev–Trinajstić information content (AvgIpc) is 2.54. The number of aryl methyl sites for hydroxylation is 1. The number of hydrogen-bond acceptors (Lipinski definition) is 3. The molecule has 124 valence electrons. The van der Waals surface area contributed by atoms with Gasteiger partial charge < -0.3 is 15.8 Å². The van der Waals surface area contributed by atoms with Crippen LogP contribution in [0.1, 0.15) is 30.5 Å². The van der Waals surface area contributed by atoms with Crippen LogP contribution in [-0.2, 0) is 11.2 Å². The van der Waals surface area contributed by atoms with Crippen LogP contribution in [0.2, 0.25) is 0 Å². The minimum atomic E-state index is -0.100. The number of nitrogen functional groups attached to an aromatic ring is 1. The SMILES string of the molecule is COc1ccccc1C(C)NC(=O)CCc1ccccc1N.Cl. The number of nitrogens with two attached hydrogens (primary N) is 1. The maximum Gasteiger partial charge on any atom is 0.220 e. The minimum Gasteiger partial charge on any atom is -0.496 e. The largest absolute Gasteiger partial charge is 0.496 e. The highest BCUT2D eigenvalue weighted by Crippen LogP contribution is 2.24. The van der Waals surface area contributed by atoms with Gasteiger partial charge in [-0.25, -0.2) is 0 Å². The van der Waals surface area contributed by atoms with Crippen molar-refractivity contribution in [1.82, 2.24) is 5.32 Å². The van der Waals surface area contributed by atoms with Crippen molar-refractivity contribution in [2.24, 2.45) is 0 Å². The summed E-state index contributed by atoms with van der Waals surface area (Å²) in [5, 5.41) is 3.00. The molecule has 0 aromatic heterocycles. The van der Waals surface area contributed by atoms with Gasteiger partial charge in [0, 0.05) is 17.7 Å². The summed E-state index contributed by atoms with van der Waals surface area (Å²) in [6.07, 6.45) is 1.05. The van der Waals surface area contributed by atoms with Gasteiger partial charge >= 0.3 is 0 Å². The Morgan fingerprint density at radius 2 is 1.83 bits per heavy atom. The number of carbonyl (C=O) groups excluding carboxylic acids is 1. The monoisotopic (exact) mass is 334 g/mol. The first-order chi connectivity index (χ1) is 10.6. The number of methoxy groups -OCH3 is 1. The number of hydrogen-bond donors (Lipinski definition) is 2. The van der Waals surface area contributed by atoms with Crippen LogP contribution in [0, 0.1) is 0 Å². The van der Waals surface area contributed by atoms with Crippen molar-refractivity contribution in [2.45, 2.75) is 25.8 Å². The minimum absolute atomic E-state index is 0. The van der Waals surface area contributed by atoms with E-state index in [1.807, 2.05) is 55.5 Å². The van der Waals surface area contributed by atoms with Crippen molar-refractivity contribution < 1.29 is 9.53 Å². The molecule has 2 aromatic carbocycles. The Morgan fingerprint density at radius 3 is 2.52 bits per heavy atom. The van der Waals surface area contributed by atoms with E-state index in [4.69, 9.17) is 10.5 Å². The van der Waals surface area contributed by atoms with Crippen LogP contribution < -0.4 is 15.8 Å². The second-order valence-electron chi connectivity index (χ2n) is 5.23. The Morgan fingerprint density at radius 1 is 1.17 bits per heavy atom. The molecule has 0 bridgehead atoms. The predicted octanol–water partition coefficient (Wildman–Crippen LogP) is 3.51. The van der Waals surface area contributed by atoms with E-state index >= 15 is 0 Å². The number of anilines is 1. The second-order valence-corrected chi connectivity index (χ2v) is 5.23. The molecule has 0 fully saturated rings. The second kappa shape index (κ2) is 9.06. The van der Waals surface area contributed by atoms with E-state index in [1.165, 1.54) is 0 Å². The summed E-state index contributed by atoms with van der Waals surface area (Å²) in [4.78, 5) is 12.1. The fraction of sp³-hybridized carbons (Fsp3) is 0.278. The van der Waals surface area contributed by atoms with Gasteiger partial charge in [0.2, 0.25) is 5.91 Å². The zero-order valence-electron chi connectivity index (χ0n) is 13.4. The number of ether oxygens (including phenoxy) is 1. The van der Waals surface area contributed by atoms with Crippen LogP contribution in [0.5, 0.6) is 5.75 Å². The van der Waals surface area contributed by atoms with Crippen molar-refractivity contribution in [2.75, 3.05) is 12.8 Å². The Labute approximate surface area is 143 Å². The normalized spacial score (nSPS) is 11.2. The topological polar surface area (TPSA) is 64.3 Å². The van der Waals surface area contributed by atoms with Crippen LogP contribution in [0.3, 0.4) is 0 Å². The summed E-state index contributed by atoms with van der Waals surface area (Å²) in [5.74, 6) is 0.782. The highest BCUT2D eigenvalue weighted by Gasteiger charge is 2.13. The molecule has 2 aromatic rings. The smallest absolute Gasteiger partial charge is 0.220 e. The first kappa shape index (κ1) is 18.8. The molecule has 0 saturated heterocycles. The molecule has 1 atom stereocenters. The number of rotatable bonds is 6. The lowest BCUT2D eigenvalue weighted by atomic mass is 10.1. The molecule has 0 aliphatic carbocycles. The fourth-order valence-corrected chi connectivity index (χ4v) is 2.43. The molecule has 23 heavy (non-hydrogen) atoms. The van der Waals surface area contributed by atoms with Crippen LogP contribution in [0.15, 0.2) is 48.5 Å². The molecular weight excluding hydrogens is 312 g/mol. The number of carbonyl (C=O) groups is 1. The first-order valence-corrected chi connectivity index (χ1v) is 7.37. The quantitative estimate of drug-likeness (QED) is 0.794. The van der Waals surface area contributed by atoms with Gasteiger partial charge in [-0.15, -0.1) is 12.4 Å². The van der Waals surface area contributed by atoms with Gasteiger partial charge in [0.25, 0.3) is 0 Å². The molecule has 0 spiro atoms. The predicted molar refractivity (Wildman–Crippen MR) is 96.0 cm³/mol. The number of nitrogens with one attached hydrogen (secondary N) is 1. The highest BCUT2D eigenvalue weighted by atomic mass is 35.5. The Balaban J connectivity index is 0.00000264. The maximum atomic E-state index is 12.1. The summed E-state index contributed by atoms with van der Waals surface area (Å²) in [6, 6.07) is 15.2. The van der Waals surface area contributed by atoms with Crippen molar-refractivity contribution in [3.05, 3.63) is 59.7 Å². The molecule has 2 rings (SSSR count). The molecule has 0 aliphatic heterocycles. The lowest BCUT2D eigenvalue weighted by Crippen LogP contribution is -2.27. The van der Waals surface area contributed by atoms with E-state index < -0.39 is 0 Å². The summed E-state index contributed by atoms with van der Waals surface area (Å²) in [7, 11) is 1.63. The van der Waals surface area contributed by atoms with Gasteiger partial charge in [0.1, 0.15) is 5.75 Å². The Kier molecular flexibility index (Phi) is 7.42. The molecule has 1 amide bonds. The van der Waals surface area contributed by atoms with Gasteiger partial charge in [-0.2, -0.15) is 0 Å². The Hall–Kier alpha value is -2.20. The summed E-state index contributed by atoms with van der Waals surface area (Å²) >= 11 is 0. The zero-order valence-corrected chi connectivity index (χ0v) is 14.2. The molecule has 0 aliphatic rings. The van der Waals surface area contributed by atoms with Crippen molar-refractivity contribution >= 4 is 24.0 Å². The maximum absolute atomic E-state index is 12.1. The number of halogens is 1. The third-order valence-electron chi connectivity index (χ3n) is 3.66. The van der Waals surface area contributed by atoms with E-state index in [1.54, 1.807) is 7.11 Å². The van der Waals surface area contributed by atoms with Gasteiger partial charge in [-0.1, -0.05) is 36.4 Å². The summed E-state index contributed by atoms with van der Waals surface area (Å²) < 4.78 is 5.33. The van der Waals surface area contributed by atoms with Crippen LogP contribution in [0.25, 0.3) is 0 Å². The lowest BCUT2D eigenvalue weighted by Gasteiger charge is -2.17.